The van der Waals surface area contributed by atoms with Crippen LogP contribution in [0, 0.1) is 5.82 Å². The van der Waals surface area contributed by atoms with Gasteiger partial charge in [-0.05, 0) is 50.1 Å². The molecule has 23 heavy (non-hydrogen) atoms. The van der Waals surface area contributed by atoms with Crippen LogP contribution in [0.15, 0.2) is 24.3 Å². The van der Waals surface area contributed by atoms with Crippen molar-refractivity contribution in [3.63, 3.8) is 0 Å². The zero-order valence-electron chi connectivity index (χ0n) is 13.6. The van der Waals surface area contributed by atoms with Crippen molar-refractivity contribution in [2.75, 3.05) is 32.8 Å². The molecule has 2 rings (SSSR count). The average molecular weight is 324 g/mol. The van der Waals surface area contributed by atoms with E-state index in [1.807, 2.05) is 6.92 Å². The first kappa shape index (κ1) is 17.7. The van der Waals surface area contributed by atoms with E-state index in [4.69, 9.17) is 4.74 Å². The van der Waals surface area contributed by atoms with E-state index >= 15 is 0 Å². The van der Waals surface area contributed by atoms with Crippen LogP contribution < -0.4 is 10.1 Å². The molecular formula is C17H25FN2O3. The van der Waals surface area contributed by atoms with Crippen LogP contribution in [0.2, 0.25) is 0 Å². The molecule has 6 heteroatoms. The lowest BCUT2D eigenvalue weighted by molar-refractivity contribution is -0.123. The van der Waals surface area contributed by atoms with Crippen molar-refractivity contribution in [2.24, 2.45) is 0 Å². The average Bonchev–Trinajstić information content (AvgIpc) is 2.96. The molecule has 2 N–H and O–H groups in total. The Morgan fingerprint density at radius 2 is 2.17 bits per heavy atom. The van der Waals surface area contributed by atoms with Gasteiger partial charge in [0.1, 0.15) is 18.2 Å². The second-order valence-corrected chi connectivity index (χ2v) is 5.91. The highest BCUT2D eigenvalue weighted by Gasteiger charge is 2.39. The van der Waals surface area contributed by atoms with Crippen LogP contribution in [0.4, 0.5) is 4.39 Å². The van der Waals surface area contributed by atoms with Crippen molar-refractivity contribution < 1.29 is 19.0 Å². The Labute approximate surface area is 136 Å². The number of hydrogen-bond donors (Lipinski definition) is 2. The van der Waals surface area contributed by atoms with Crippen molar-refractivity contribution in [3.05, 3.63) is 30.1 Å². The maximum atomic E-state index is 12.8. The van der Waals surface area contributed by atoms with Gasteiger partial charge in [-0.2, -0.15) is 0 Å². The molecule has 1 heterocycles. The predicted molar refractivity (Wildman–Crippen MR) is 85.8 cm³/mol. The topological polar surface area (TPSA) is 61.8 Å². The van der Waals surface area contributed by atoms with E-state index < -0.39 is 0 Å². The molecule has 1 fully saturated rings. The lowest BCUT2D eigenvalue weighted by atomic mass is 9.94. The predicted octanol–water partition coefficient (Wildman–Crippen LogP) is 1.56. The molecule has 0 aliphatic carbocycles. The second-order valence-electron chi connectivity index (χ2n) is 5.91. The zero-order valence-corrected chi connectivity index (χ0v) is 13.6. The number of nitrogens with zero attached hydrogens (tertiary/aromatic N) is 1. The SMILES string of the molecule is CC[C@@]1(CO)CCCN1CC(=O)NCCOc1ccc(F)cc1. The summed E-state index contributed by atoms with van der Waals surface area (Å²) < 4.78 is 18.2. The molecule has 1 aliphatic rings. The fraction of sp³-hybridized carbons (Fsp3) is 0.588. The van der Waals surface area contributed by atoms with E-state index in [0.717, 1.165) is 25.8 Å². The van der Waals surface area contributed by atoms with Crippen LogP contribution in [-0.2, 0) is 4.79 Å². The van der Waals surface area contributed by atoms with E-state index in [0.29, 0.717) is 25.4 Å². The third kappa shape index (κ3) is 4.65. The van der Waals surface area contributed by atoms with Gasteiger partial charge in [0.25, 0.3) is 0 Å². The van der Waals surface area contributed by atoms with Crippen LogP contribution in [0.5, 0.6) is 5.75 Å². The van der Waals surface area contributed by atoms with Gasteiger partial charge in [-0.25, -0.2) is 4.39 Å². The molecule has 0 radical (unpaired) electrons. The molecule has 0 aromatic heterocycles. The van der Waals surface area contributed by atoms with E-state index in [9.17, 15) is 14.3 Å². The van der Waals surface area contributed by atoms with Crippen molar-refractivity contribution >= 4 is 5.91 Å². The van der Waals surface area contributed by atoms with Crippen LogP contribution in [-0.4, -0.2) is 54.3 Å². The summed E-state index contributed by atoms with van der Waals surface area (Å²) in [5.74, 6) is 0.200. The van der Waals surface area contributed by atoms with Gasteiger partial charge >= 0.3 is 0 Å². The largest absolute Gasteiger partial charge is 0.492 e. The Balaban J connectivity index is 1.70. The number of carbonyl (C=O) groups excluding carboxylic acids is 1. The number of ether oxygens (including phenoxy) is 1. The van der Waals surface area contributed by atoms with Gasteiger partial charge in [-0.15, -0.1) is 0 Å². The van der Waals surface area contributed by atoms with Crippen LogP contribution in [0.1, 0.15) is 26.2 Å². The highest BCUT2D eigenvalue weighted by Crippen LogP contribution is 2.31. The monoisotopic (exact) mass is 324 g/mol. The van der Waals surface area contributed by atoms with Crippen LogP contribution in [0.3, 0.4) is 0 Å². The molecule has 1 saturated heterocycles. The number of hydrogen-bond acceptors (Lipinski definition) is 4. The molecular weight excluding hydrogens is 299 g/mol. The molecule has 1 aliphatic heterocycles. The molecule has 0 unspecified atom stereocenters. The smallest absolute Gasteiger partial charge is 0.234 e. The summed E-state index contributed by atoms with van der Waals surface area (Å²) in [5, 5.41) is 12.5. The summed E-state index contributed by atoms with van der Waals surface area (Å²) in [5.41, 5.74) is -0.248. The number of carbonyl (C=O) groups is 1. The number of aliphatic hydroxyl groups is 1. The van der Waals surface area contributed by atoms with Crippen molar-refractivity contribution in [3.8, 4) is 5.75 Å². The molecule has 0 saturated carbocycles. The first-order chi connectivity index (χ1) is 11.1. The number of likely N-dealkylation sites (tertiary alicyclic amines) is 1. The fourth-order valence-corrected chi connectivity index (χ4v) is 3.05. The number of rotatable bonds is 8. The third-order valence-electron chi connectivity index (χ3n) is 4.53. The minimum Gasteiger partial charge on any atom is -0.492 e. The van der Waals surface area contributed by atoms with Gasteiger partial charge in [-0.1, -0.05) is 6.92 Å². The summed E-state index contributed by atoms with van der Waals surface area (Å²) in [4.78, 5) is 14.1. The first-order valence-corrected chi connectivity index (χ1v) is 8.10. The first-order valence-electron chi connectivity index (χ1n) is 8.10. The molecule has 1 aromatic carbocycles. The quantitative estimate of drug-likeness (QED) is 0.713. The fourth-order valence-electron chi connectivity index (χ4n) is 3.05. The number of nitrogens with one attached hydrogen (secondary N) is 1. The number of halogens is 1. The lowest BCUT2D eigenvalue weighted by Crippen LogP contribution is -2.50. The summed E-state index contributed by atoms with van der Waals surface area (Å²) in [6.45, 7) is 3.99. The van der Waals surface area contributed by atoms with E-state index in [1.54, 1.807) is 12.1 Å². The van der Waals surface area contributed by atoms with Crippen LogP contribution >= 0.6 is 0 Å². The Morgan fingerprint density at radius 1 is 1.43 bits per heavy atom. The summed E-state index contributed by atoms with van der Waals surface area (Å²) in [6, 6.07) is 5.78. The normalized spacial score (nSPS) is 21.3. The molecule has 5 nitrogen and oxygen atoms in total. The van der Waals surface area contributed by atoms with Gasteiger partial charge in [0.05, 0.1) is 19.7 Å². The molecule has 128 valence electrons. The highest BCUT2D eigenvalue weighted by molar-refractivity contribution is 5.78. The van der Waals surface area contributed by atoms with Crippen molar-refractivity contribution in [2.45, 2.75) is 31.7 Å². The Morgan fingerprint density at radius 3 is 2.83 bits per heavy atom. The molecule has 1 amide bonds. The molecule has 0 spiro atoms. The zero-order chi connectivity index (χ0) is 16.7. The highest BCUT2D eigenvalue weighted by atomic mass is 19.1. The minimum absolute atomic E-state index is 0.0686. The Hall–Kier alpha value is -1.66. The van der Waals surface area contributed by atoms with E-state index in [2.05, 4.69) is 10.2 Å². The van der Waals surface area contributed by atoms with E-state index in [1.165, 1.54) is 12.1 Å². The number of benzene rings is 1. The minimum atomic E-state index is -0.306. The number of aliphatic hydroxyl groups excluding tert-OH is 1. The molecule has 1 aromatic rings. The lowest BCUT2D eigenvalue weighted by Gasteiger charge is -2.35. The third-order valence-corrected chi connectivity index (χ3v) is 4.53. The summed E-state index contributed by atoms with van der Waals surface area (Å²) in [6.07, 6.45) is 2.78. The van der Waals surface area contributed by atoms with Gasteiger partial charge in [-0.3, -0.25) is 9.69 Å². The van der Waals surface area contributed by atoms with Gasteiger partial charge < -0.3 is 15.2 Å². The molecule has 0 bridgehead atoms. The standard InChI is InChI=1S/C17H25FN2O3/c1-2-17(13-21)8-3-10-20(17)12-16(22)19-9-11-23-15-6-4-14(18)5-7-15/h4-7,21H,2-3,8-13H2,1H3,(H,19,22)/t17-/m0/s1. The van der Waals surface area contributed by atoms with Gasteiger partial charge in [0.15, 0.2) is 0 Å². The molecule has 1 atom stereocenters. The number of amides is 1. The maximum absolute atomic E-state index is 12.8. The second kappa shape index (κ2) is 8.26. The van der Waals surface area contributed by atoms with E-state index in [-0.39, 0.29) is 23.9 Å². The Kier molecular flexibility index (Phi) is 6.36. The van der Waals surface area contributed by atoms with Crippen molar-refractivity contribution in [1.82, 2.24) is 10.2 Å². The maximum Gasteiger partial charge on any atom is 0.234 e. The Bertz CT molecular complexity index is 503. The van der Waals surface area contributed by atoms with Crippen molar-refractivity contribution in [1.29, 1.82) is 0 Å². The van der Waals surface area contributed by atoms with Gasteiger partial charge in [0, 0.05) is 5.54 Å². The van der Waals surface area contributed by atoms with Gasteiger partial charge in [0.2, 0.25) is 5.91 Å². The van der Waals surface area contributed by atoms with Crippen LogP contribution in [0.25, 0.3) is 0 Å². The summed E-state index contributed by atoms with van der Waals surface area (Å²) in [7, 11) is 0. The summed E-state index contributed by atoms with van der Waals surface area (Å²) >= 11 is 0.